The van der Waals surface area contributed by atoms with Crippen LogP contribution in [0.25, 0.3) is 0 Å². The highest BCUT2D eigenvalue weighted by Gasteiger charge is 2.18. The molecule has 0 atom stereocenters. The second-order valence-electron chi connectivity index (χ2n) is 5.83. The van der Waals surface area contributed by atoms with Crippen molar-refractivity contribution in [2.24, 2.45) is 5.92 Å². The number of nitrogen functional groups attached to an aromatic ring is 1. The molecule has 1 aliphatic rings. The molecule has 0 aromatic heterocycles. The maximum Gasteiger partial charge on any atom is 0.240 e. The molecule has 4 nitrogen and oxygen atoms in total. The van der Waals surface area contributed by atoms with Crippen LogP contribution in [0.1, 0.15) is 44.1 Å². The molecule has 1 aromatic rings. The van der Waals surface area contributed by atoms with E-state index in [1.807, 2.05) is 0 Å². The number of sulfonamides is 1. The van der Waals surface area contributed by atoms with Crippen LogP contribution in [0.3, 0.4) is 0 Å². The fourth-order valence-electron chi connectivity index (χ4n) is 2.90. The van der Waals surface area contributed by atoms with Gasteiger partial charge >= 0.3 is 0 Å². The number of benzene rings is 1. The molecule has 1 aromatic carbocycles. The van der Waals surface area contributed by atoms with Gasteiger partial charge in [-0.15, -0.1) is 0 Å². The zero-order chi connectivity index (χ0) is 15.5. The van der Waals surface area contributed by atoms with Crippen molar-refractivity contribution in [3.63, 3.8) is 0 Å². The molecule has 0 spiro atoms. The Bertz CT molecular complexity index is 573. The number of hydrogen-bond acceptors (Lipinski definition) is 3. The molecular weight excluding hydrogens is 291 g/mol. The van der Waals surface area contributed by atoms with Gasteiger partial charge in [0.2, 0.25) is 10.0 Å². The number of nitrogens with one attached hydrogen (secondary N) is 1. The van der Waals surface area contributed by atoms with Gasteiger partial charge in [-0.1, -0.05) is 25.7 Å². The molecule has 0 bridgehead atoms. The summed E-state index contributed by atoms with van der Waals surface area (Å²) in [6.45, 7) is 1.92. The number of anilines is 1. The maximum absolute atomic E-state index is 13.4. The molecule has 1 fully saturated rings. The topological polar surface area (TPSA) is 72.2 Å². The van der Waals surface area contributed by atoms with Crippen LogP contribution in [-0.4, -0.2) is 15.0 Å². The van der Waals surface area contributed by atoms with Crippen LogP contribution in [0, 0.1) is 18.7 Å². The minimum atomic E-state index is -3.61. The first-order valence-electron chi connectivity index (χ1n) is 7.45. The van der Waals surface area contributed by atoms with Crippen LogP contribution in [-0.2, 0) is 10.0 Å². The monoisotopic (exact) mass is 314 g/mol. The van der Waals surface area contributed by atoms with Crippen LogP contribution in [0.2, 0.25) is 0 Å². The van der Waals surface area contributed by atoms with Crippen molar-refractivity contribution in [3.05, 3.63) is 23.5 Å². The Morgan fingerprint density at radius 3 is 2.62 bits per heavy atom. The van der Waals surface area contributed by atoms with Crippen molar-refractivity contribution in [2.75, 3.05) is 12.3 Å². The SMILES string of the molecule is Cc1cc(S(=O)(=O)NCCCC2CCCC2)cc(N)c1F. The summed E-state index contributed by atoms with van der Waals surface area (Å²) in [5.74, 6) is 0.188. The summed E-state index contributed by atoms with van der Waals surface area (Å²) in [5.41, 5.74) is 5.59. The van der Waals surface area contributed by atoms with Crippen molar-refractivity contribution in [3.8, 4) is 0 Å². The standard InChI is InChI=1S/C15H23FN2O2S/c1-11-9-13(10-14(17)15(11)16)21(19,20)18-8-4-7-12-5-2-3-6-12/h9-10,12,18H,2-8,17H2,1H3. The smallest absolute Gasteiger partial charge is 0.240 e. The van der Waals surface area contributed by atoms with Gasteiger partial charge in [-0.05, 0) is 43.4 Å². The highest BCUT2D eigenvalue weighted by atomic mass is 32.2. The average Bonchev–Trinajstić information content (AvgIpc) is 2.93. The molecule has 0 amide bonds. The first kappa shape index (κ1) is 16.2. The van der Waals surface area contributed by atoms with E-state index in [0.29, 0.717) is 6.54 Å². The molecule has 0 radical (unpaired) electrons. The van der Waals surface area contributed by atoms with Crippen molar-refractivity contribution in [1.82, 2.24) is 4.72 Å². The lowest BCUT2D eigenvalue weighted by atomic mass is 10.0. The highest BCUT2D eigenvalue weighted by molar-refractivity contribution is 7.89. The number of hydrogen-bond donors (Lipinski definition) is 2. The molecule has 0 unspecified atom stereocenters. The van der Waals surface area contributed by atoms with Gasteiger partial charge in [0, 0.05) is 6.54 Å². The van der Waals surface area contributed by atoms with E-state index in [1.54, 1.807) is 0 Å². The Kier molecular flexibility index (Phi) is 5.22. The van der Waals surface area contributed by atoms with Crippen molar-refractivity contribution < 1.29 is 12.8 Å². The fourth-order valence-corrected chi connectivity index (χ4v) is 4.09. The quantitative estimate of drug-likeness (QED) is 0.626. The lowest BCUT2D eigenvalue weighted by molar-refractivity contribution is 0.480. The molecule has 3 N–H and O–H groups in total. The van der Waals surface area contributed by atoms with Gasteiger partial charge in [0.05, 0.1) is 10.6 Å². The third-order valence-electron chi connectivity index (χ3n) is 4.12. The van der Waals surface area contributed by atoms with Gasteiger partial charge in [-0.2, -0.15) is 0 Å². The summed E-state index contributed by atoms with van der Waals surface area (Å²) >= 11 is 0. The van der Waals surface area contributed by atoms with Crippen LogP contribution in [0.4, 0.5) is 10.1 Å². The maximum atomic E-state index is 13.4. The zero-order valence-electron chi connectivity index (χ0n) is 12.4. The van der Waals surface area contributed by atoms with Crippen LogP contribution >= 0.6 is 0 Å². The van der Waals surface area contributed by atoms with E-state index in [-0.39, 0.29) is 16.1 Å². The van der Waals surface area contributed by atoms with Crippen molar-refractivity contribution in [1.29, 1.82) is 0 Å². The highest BCUT2D eigenvalue weighted by Crippen LogP contribution is 2.28. The van der Waals surface area contributed by atoms with E-state index in [1.165, 1.54) is 44.7 Å². The molecule has 0 heterocycles. The van der Waals surface area contributed by atoms with Crippen molar-refractivity contribution >= 4 is 15.7 Å². The predicted octanol–water partition coefficient (Wildman–Crippen LogP) is 2.97. The molecule has 0 saturated heterocycles. The Morgan fingerprint density at radius 1 is 1.33 bits per heavy atom. The predicted molar refractivity (Wildman–Crippen MR) is 81.9 cm³/mol. The number of nitrogens with two attached hydrogens (primary N) is 1. The molecule has 6 heteroatoms. The normalized spacial score (nSPS) is 16.5. The molecule has 0 aliphatic heterocycles. The van der Waals surface area contributed by atoms with Gasteiger partial charge in [0.15, 0.2) is 0 Å². The summed E-state index contributed by atoms with van der Waals surface area (Å²) in [4.78, 5) is 0.0276. The van der Waals surface area contributed by atoms with Gasteiger partial charge in [-0.3, -0.25) is 0 Å². The average molecular weight is 314 g/mol. The first-order valence-corrected chi connectivity index (χ1v) is 8.94. The van der Waals surface area contributed by atoms with Gasteiger partial charge < -0.3 is 5.73 Å². The molecule has 2 rings (SSSR count). The summed E-state index contributed by atoms with van der Waals surface area (Å²) in [6.07, 6.45) is 7.02. The Labute approximate surface area is 126 Å². The number of halogens is 1. The Morgan fingerprint density at radius 2 is 2.00 bits per heavy atom. The van der Waals surface area contributed by atoms with E-state index >= 15 is 0 Å². The lowest BCUT2D eigenvalue weighted by Crippen LogP contribution is -2.25. The zero-order valence-corrected chi connectivity index (χ0v) is 13.2. The molecule has 1 saturated carbocycles. The second-order valence-corrected chi connectivity index (χ2v) is 7.60. The van der Waals surface area contributed by atoms with Crippen LogP contribution < -0.4 is 10.5 Å². The van der Waals surface area contributed by atoms with Crippen LogP contribution in [0.5, 0.6) is 0 Å². The van der Waals surface area contributed by atoms with Gasteiger partial charge in [-0.25, -0.2) is 17.5 Å². The minimum Gasteiger partial charge on any atom is -0.396 e. The third kappa shape index (κ3) is 4.17. The first-order chi connectivity index (χ1) is 9.90. The Balaban J connectivity index is 1.92. The fraction of sp³-hybridized carbons (Fsp3) is 0.600. The lowest BCUT2D eigenvalue weighted by Gasteiger charge is -2.11. The van der Waals surface area contributed by atoms with E-state index in [4.69, 9.17) is 5.73 Å². The van der Waals surface area contributed by atoms with Gasteiger partial charge in [0.25, 0.3) is 0 Å². The van der Waals surface area contributed by atoms with Gasteiger partial charge in [0.1, 0.15) is 5.82 Å². The number of aryl methyl sites for hydroxylation is 1. The largest absolute Gasteiger partial charge is 0.396 e. The van der Waals surface area contributed by atoms with E-state index < -0.39 is 15.8 Å². The molecule has 21 heavy (non-hydrogen) atoms. The number of rotatable bonds is 6. The van der Waals surface area contributed by atoms with E-state index in [0.717, 1.165) is 18.8 Å². The molecule has 118 valence electrons. The minimum absolute atomic E-state index is 0.0276. The Hall–Kier alpha value is -1.14. The second kappa shape index (κ2) is 6.75. The van der Waals surface area contributed by atoms with E-state index in [9.17, 15) is 12.8 Å². The summed E-state index contributed by atoms with van der Waals surface area (Å²) < 4.78 is 40.3. The molecule has 1 aliphatic carbocycles. The summed E-state index contributed by atoms with van der Waals surface area (Å²) in [5, 5.41) is 0. The molecular formula is C15H23FN2O2S. The van der Waals surface area contributed by atoms with Crippen LogP contribution in [0.15, 0.2) is 17.0 Å². The third-order valence-corrected chi connectivity index (χ3v) is 5.56. The summed E-state index contributed by atoms with van der Waals surface area (Å²) in [6, 6.07) is 2.48. The van der Waals surface area contributed by atoms with E-state index in [2.05, 4.69) is 4.72 Å². The summed E-state index contributed by atoms with van der Waals surface area (Å²) in [7, 11) is -3.61. The van der Waals surface area contributed by atoms with Crippen molar-refractivity contribution in [2.45, 2.75) is 50.3 Å².